The molecule has 0 bridgehead atoms. The van der Waals surface area contributed by atoms with Gasteiger partial charge in [0.1, 0.15) is 11.6 Å². The van der Waals surface area contributed by atoms with Gasteiger partial charge >= 0.3 is 11.8 Å². The summed E-state index contributed by atoms with van der Waals surface area (Å²) < 4.78 is 5.39. The van der Waals surface area contributed by atoms with E-state index in [4.69, 9.17) is 10.5 Å². The van der Waals surface area contributed by atoms with Gasteiger partial charge in [-0.1, -0.05) is 6.92 Å². The van der Waals surface area contributed by atoms with Crippen molar-refractivity contribution < 1.29 is 14.3 Å². The smallest absolute Gasteiger partial charge is 0.314 e. The third-order valence-electron chi connectivity index (χ3n) is 5.70. The Balaban J connectivity index is 1.60. The summed E-state index contributed by atoms with van der Waals surface area (Å²) in [5.41, 5.74) is 8.32. The zero-order valence-corrected chi connectivity index (χ0v) is 17.7. The maximum absolute atomic E-state index is 13.2. The number of amides is 2. The normalized spacial score (nSPS) is 18.7. The first kappa shape index (κ1) is 20.6. The minimum absolute atomic E-state index is 0.256. The summed E-state index contributed by atoms with van der Waals surface area (Å²) in [5.74, 6) is -0.124. The summed E-state index contributed by atoms with van der Waals surface area (Å²) in [4.78, 5) is 36.1. The number of aryl methyl sites for hydroxylation is 1. The number of carbonyl (C=O) groups is 2. The fraction of sp³-hybridized carbons (Fsp3) is 0.381. The molecule has 1 fully saturated rings. The van der Waals surface area contributed by atoms with E-state index < -0.39 is 11.8 Å². The number of piperidine rings is 1. The number of aromatic amines is 1. The second-order valence-electron chi connectivity index (χ2n) is 7.88. The number of hydrogen-bond acceptors (Lipinski definition) is 7. The Kier molecular flexibility index (Phi) is 5.45. The Labute approximate surface area is 179 Å². The molecule has 1 aliphatic heterocycles. The average molecular weight is 423 g/mol. The number of fused-ring (bicyclic) bond motifs is 1. The molecule has 162 valence electrons. The number of likely N-dealkylation sites (tertiary alicyclic amines) is 1. The Hall–Kier alpha value is -3.69. The highest BCUT2D eigenvalue weighted by Crippen LogP contribution is 2.35. The number of nitrogens with zero attached hydrogens (tertiary/aromatic N) is 4. The van der Waals surface area contributed by atoms with Crippen molar-refractivity contribution >= 4 is 34.2 Å². The Morgan fingerprint density at radius 3 is 2.84 bits per heavy atom. The standard InChI is InChI=1S/C21H25N7O3/c1-11-4-5-16(13-6-17(31-3)12(2)23-7-13)28(10-11)21(30)20(29)26-15-9-24-19(22)14-8-25-27-18(14)15/h6-9,11,16H,4-5,10H2,1-3H3,(H2,22,24)(H,25,27)(H,26,29)/t11-,16+/m0/s1. The Bertz CT molecular complexity index is 1140. The summed E-state index contributed by atoms with van der Waals surface area (Å²) in [6.45, 7) is 4.41. The van der Waals surface area contributed by atoms with Crippen molar-refractivity contribution in [3.8, 4) is 5.75 Å². The molecule has 0 spiro atoms. The molecule has 4 N–H and O–H groups in total. The first-order valence-corrected chi connectivity index (χ1v) is 10.1. The van der Waals surface area contributed by atoms with E-state index in [1.807, 2.05) is 13.0 Å². The average Bonchev–Trinajstić information content (AvgIpc) is 3.27. The number of nitrogens with two attached hydrogens (primary N) is 1. The lowest BCUT2D eigenvalue weighted by Crippen LogP contribution is -2.46. The maximum Gasteiger partial charge on any atom is 0.314 e. The molecule has 2 amide bonds. The highest BCUT2D eigenvalue weighted by atomic mass is 16.5. The van der Waals surface area contributed by atoms with E-state index in [9.17, 15) is 9.59 Å². The number of methoxy groups -OCH3 is 1. The summed E-state index contributed by atoms with van der Waals surface area (Å²) in [6.07, 6.45) is 6.36. The molecule has 10 nitrogen and oxygen atoms in total. The fourth-order valence-corrected chi connectivity index (χ4v) is 4.00. The van der Waals surface area contributed by atoms with Crippen LogP contribution in [-0.2, 0) is 9.59 Å². The monoisotopic (exact) mass is 423 g/mol. The molecule has 0 saturated carbocycles. The predicted octanol–water partition coefficient (Wildman–Crippen LogP) is 2.19. The maximum atomic E-state index is 13.2. The molecule has 4 heterocycles. The van der Waals surface area contributed by atoms with Gasteiger partial charge in [-0.15, -0.1) is 0 Å². The van der Waals surface area contributed by atoms with Crippen molar-refractivity contribution in [1.29, 1.82) is 0 Å². The largest absolute Gasteiger partial charge is 0.495 e. The van der Waals surface area contributed by atoms with Crippen molar-refractivity contribution in [3.05, 3.63) is 35.9 Å². The van der Waals surface area contributed by atoms with Gasteiger partial charge in [0.25, 0.3) is 0 Å². The lowest BCUT2D eigenvalue weighted by molar-refractivity contribution is -0.146. The number of carbonyl (C=O) groups excluding carboxylic acids is 2. The minimum Gasteiger partial charge on any atom is -0.495 e. The highest BCUT2D eigenvalue weighted by Gasteiger charge is 2.35. The van der Waals surface area contributed by atoms with Crippen LogP contribution >= 0.6 is 0 Å². The molecule has 2 atom stereocenters. The van der Waals surface area contributed by atoms with Crippen molar-refractivity contribution in [1.82, 2.24) is 25.1 Å². The second-order valence-corrected chi connectivity index (χ2v) is 7.88. The number of rotatable bonds is 3. The summed E-state index contributed by atoms with van der Waals surface area (Å²) >= 11 is 0. The van der Waals surface area contributed by atoms with Crippen molar-refractivity contribution in [2.45, 2.75) is 32.7 Å². The predicted molar refractivity (Wildman–Crippen MR) is 115 cm³/mol. The van der Waals surface area contributed by atoms with Gasteiger partial charge in [-0.2, -0.15) is 5.10 Å². The molecule has 3 aromatic heterocycles. The SMILES string of the molecule is COc1cc([C@H]2CC[C@H](C)CN2C(=O)C(=O)Nc2cnc(N)c3cn[nH]c23)cnc1C. The molecule has 0 radical (unpaired) electrons. The fourth-order valence-electron chi connectivity index (χ4n) is 4.00. The Morgan fingerprint density at radius 2 is 2.06 bits per heavy atom. The van der Waals surface area contributed by atoms with Gasteiger partial charge in [-0.25, -0.2) is 4.98 Å². The van der Waals surface area contributed by atoms with E-state index in [0.29, 0.717) is 34.7 Å². The number of hydrogen-bond donors (Lipinski definition) is 3. The van der Waals surface area contributed by atoms with Crippen LogP contribution in [0.4, 0.5) is 11.5 Å². The second kappa shape index (κ2) is 8.21. The van der Waals surface area contributed by atoms with Crippen LogP contribution in [0.5, 0.6) is 5.75 Å². The summed E-state index contributed by atoms with van der Waals surface area (Å²) in [5, 5.41) is 9.95. The van der Waals surface area contributed by atoms with Crippen LogP contribution in [0.25, 0.3) is 10.9 Å². The zero-order chi connectivity index (χ0) is 22.1. The molecule has 0 aliphatic carbocycles. The van der Waals surface area contributed by atoms with Gasteiger partial charge in [-0.05, 0) is 37.3 Å². The third-order valence-corrected chi connectivity index (χ3v) is 5.70. The zero-order valence-electron chi connectivity index (χ0n) is 17.7. The van der Waals surface area contributed by atoms with Gasteiger partial charge in [0, 0.05) is 12.7 Å². The van der Waals surface area contributed by atoms with Gasteiger partial charge in [0.2, 0.25) is 0 Å². The molecule has 0 aromatic carbocycles. The molecular weight excluding hydrogens is 398 g/mol. The Morgan fingerprint density at radius 1 is 1.26 bits per heavy atom. The van der Waals surface area contributed by atoms with E-state index in [0.717, 1.165) is 24.1 Å². The minimum atomic E-state index is -0.742. The van der Waals surface area contributed by atoms with Crippen LogP contribution in [0, 0.1) is 12.8 Å². The summed E-state index contributed by atoms with van der Waals surface area (Å²) in [7, 11) is 1.59. The number of nitrogens with one attached hydrogen (secondary N) is 2. The van der Waals surface area contributed by atoms with E-state index in [1.54, 1.807) is 18.2 Å². The number of ether oxygens (including phenoxy) is 1. The lowest BCUT2D eigenvalue weighted by Gasteiger charge is -2.38. The van der Waals surface area contributed by atoms with Crippen molar-refractivity contribution in [3.63, 3.8) is 0 Å². The number of pyridine rings is 2. The molecule has 1 aliphatic rings. The van der Waals surface area contributed by atoms with Crippen molar-refractivity contribution in [2.24, 2.45) is 5.92 Å². The van der Waals surface area contributed by atoms with Gasteiger partial charge in [0.05, 0.1) is 47.8 Å². The first-order valence-electron chi connectivity index (χ1n) is 10.1. The number of aromatic nitrogens is 4. The van der Waals surface area contributed by atoms with Crippen LogP contribution in [0.2, 0.25) is 0 Å². The van der Waals surface area contributed by atoms with E-state index in [-0.39, 0.29) is 12.0 Å². The number of nitrogen functional groups attached to an aromatic ring is 1. The van der Waals surface area contributed by atoms with E-state index in [1.165, 1.54) is 12.4 Å². The molecular formula is C21H25N7O3. The van der Waals surface area contributed by atoms with Crippen LogP contribution in [-0.4, -0.2) is 50.5 Å². The highest BCUT2D eigenvalue weighted by molar-refractivity contribution is 6.40. The lowest BCUT2D eigenvalue weighted by atomic mass is 9.90. The van der Waals surface area contributed by atoms with Crippen LogP contribution < -0.4 is 15.8 Å². The number of anilines is 2. The topological polar surface area (TPSA) is 139 Å². The van der Waals surface area contributed by atoms with Crippen molar-refractivity contribution in [2.75, 3.05) is 24.7 Å². The van der Waals surface area contributed by atoms with Gasteiger partial charge < -0.3 is 20.7 Å². The molecule has 1 saturated heterocycles. The van der Waals surface area contributed by atoms with Crippen LogP contribution in [0.1, 0.15) is 37.1 Å². The van der Waals surface area contributed by atoms with E-state index in [2.05, 4.69) is 32.4 Å². The third kappa shape index (κ3) is 3.88. The summed E-state index contributed by atoms with van der Waals surface area (Å²) in [6, 6.07) is 1.63. The first-order chi connectivity index (χ1) is 14.9. The molecule has 0 unspecified atom stereocenters. The molecule has 4 rings (SSSR count). The van der Waals surface area contributed by atoms with Gasteiger partial charge in [-0.3, -0.25) is 19.7 Å². The van der Waals surface area contributed by atoms with Gasteiger partial charge in [0.15, 0.2) is 0 Å². The molecule has 3 aromatic rings. The quantitative estimate of drug-likeness (QED) is 0.549. The number of H-pyrrole nitrogens is 1. The molecule has 10 heteroatoms. The van der Waals surface area contributed by atoms with Crippen LogP contribution in [0.3, 0.4) is 0 Å². The molecule has 31 heavy (non-hydrogen) atoms. The van der Waals surface area contributed by atoms with Crippen LogP contribution in [0.15, 0.2) is 24.7 Å². The van der Waals surface area contributed by atoms with E-state index >= 15 is 0 Å².